The van der Waals surface area contributed by atoms with Crippen molar-refractivity contribution in [3.63, 3.8) is 0 Å². The van der Waals surface area contributed by atoms with Crippen LogP contribution in [0, 0.1) is 5.92 Å². The Morgan fingerprint density at radius 3 is 1.82 bits per heavy atom. The van der Waals surface area contributed by atoms with Crippen LogP contribution < -0.4 is 0 Å². The van der Waals surface area contributed by atoms with Crippen molar-refractivity contribution in [1.29, 1.82) is 0 Å². The second kappa shape index (κ2) is 13.4. The van der Waals surface area contributed by atoms with Gasteiger partial charge < -0.3 is 33.2 Å². The Balaban J connectivity index is 3.47. The summed E-state index contributed by atoms with van der Waals surface area (Å²) in [5.41, 5.74) is 2.49. The minimum absolute atomic E-state index is 0.0822. The summed E-state index contributed by atoms with van der Waals surface area (Å²) in [6, 6.07) is 0. The van der Waals surface area contributed by atoms with Crippen LogP contribution in [0.4, 0.5) is 0 Å². The molecule has 0 aromatic heterocycles. The van der Waals surface area contributed by atoms with Gasteiger partial charge in [-0.3, -0.25) is 24.0 Å². The van der Waals surface area contributed by atoms with E-state index in [1.165, 1.54) is 6.08 Å². The third-order valence-corrected chi connectivity index (χ3v) is 4.42. The third kappa shape index (κ3) is 8.33. The first-order valence-electron chi connectivity index (χ1n) is 9.84. The van der Waals surface area contributed by atoms with Crippen LogP contribution in [0.3, 0.4) is 0 Å². The highest BCUT2D eigenvalue weighted by molar-refractivity contribution is 5.94. The molecule has 184 valence electrons. The second-order valence-electron chi connectivity index (χ2n) is 6.84. The van der Waals surface area contributed by atoms with Crippen molar-refractivity contribution in [1.82, 2.24) is 0 Å². The Morgan fingerprint density at radius 2 is 1.36 bits per heavy atom. The first kappa shape index (κ1) is 27.8. The highest BCUT2D eigenvalue weighted by Gasteiger charge is 2.53. The maximum absolute atomic E-state index is 12.2. The van der Waals surface area contributed by atoms with Crippen LogP contribution in [-0.4, -0.2) is 81.4 Å². The van der Waals surface area contributed by atoms with Gasteiger partial charge in [0.15, 0.2) is 30.5 Å². The van der Waals surface area contributed by atoms with Gasteiger partial charge in [0.2, 0.25) is 0 Å². The van der Waals surface area contributed by atoms with E-state index in [0.29, 0.717) is 0 Å². The van der Waals surface area contributed by atoms with Crippen molar-refractivity contribution < 1.29 is 57.1 Å². The van der Waals surface area contributed by atoms with Crippen molar-refractivity contribution in [2.75, 3.05) is 20.8 Å². The number of rotatable bonds is 10. The van der Waals surface area contributed by atoms with Gasteiger partial charge in [-0.05, 0) is 6.08 Å². The van der Waals surface area contributed by atoms with Crippen LogP contribution in [0.5, 0.6) is 0 Å². The van der Waals surface area contributed by atoms with E-state index in [4.69, 9.17) is 23.7 Å². The number of carbonyl (C=O) groups excluding carboxylic acids is 5. The number of hydrogen-bond acceptors (Lipinski definition) is 12. The fourth-order valence-electron chi connectivity index (χ4n) is 3.19. The van der Waals surface area contributed by atoms with Crippen molar-refractivity contribution in [2.45, 2.75) is 57.9 Å². The standard InChI is InChI=1S/C21H28O12/c1-7-8-9-29-21-18(32-13(4)24)17(31-12(3)23)16(30-11(2)22)15(33-21)10-14(19(25)27-5)20(26)28-6/h8,14-18,21H,1,9-10H2,2-6H3/t15-,16-,17+,18-,21-/m1/s1. The molecule has 0 radical (unpaired) electrons. The van der Waals surface area contributed by atoms with Crippen molar-refractivity contribution >= 4 is 29.8 Å². The number of carbonyl (C=O) groups is 5. The van der Waals surface area contributed by atoms with Gasteiger partial charge in [0.25, 0.3) is 0 Å². The lowest BCUT2D eigenvalue weighted by atomic mass is 9.90. The summed E-state index contributed by atoms with van der Waals surface area (Å²) in [5.74, 6) is -5.63. The molecule has 1 saturated heterocycles. The highest BCUT2D eigenvalue weighted by Crippen LogP contribution is 2.33. The van der Waals surface area contributed by atoms with Crippen LogP contribution >= 0.6 is 0 Å². The molecule has 0 unspecified atom stereocenters. The largest absolute Gasteiger partial charge is 0.468 e. The zero-order valence-electron chi connectivity index (χ0n) is 19.1. The van der Waals surface area contributed by atoms with Gasteiger partial charge in [0, 0.05) is 27.2 Å². The highest BCUT2D eigenvalue weighted by atomic mass is 16.7. The lowest BCUT2D eigenvalue weighted by molar-refractivity contribution is -0.303. The fourth-order valence-corrected chi connectivity index (χ4v) is 3.19. The lowest BCUT2D eigenvalue weighted by Crippen LogP contribution is -2.62. The molecule has 1 rings (SSSR count). The van der Waals surface area contributed by atoms with Crippen molar-refractivity contribution in [2.24, 2.45) is 5.92 Å². The molecule has 0 N–H and O–H groups in total. The number of ether oxygens (including phenoxy) is 7. The lowest BCUT2D eigenvalue weighted by Gasteiger charge is -2.44. The molecular weight excluding hydrogens is 444 g/mol. The first-order chi connectivity index (χ1) is 15.5. The average molecular weight is 472 g/mol. The van der Waals surface area contributed by atoms with Gasteiger partial charge in [-0.1, -0.05) is 6.58 Å². The summed E-state index contributed by atoms with van der Waals surface area (Å²) in [6.45, 7) is 6.63. The van der Waals surface area contributed by atoms with E-state index in [1.54, 1.807) is 0 Å². The van der Waals surface area contributed by atoms with Crippen LogP contribution in [-0.2, 0) is 57.1 Å². The van der Waals surface area contributed by atoms with Gasteiger partial charge in [0.1, 0.15) is 6.10 Å². The summed E-state index contributed by atoms with van der Waals surface area (Å²) < 4.78 is 36.6. The van der Waals surface area contributed by atoms with Gasteiger partial charge in [0.05, 0.1) is 20.8 Å². The Bertz CT molecular complexity index is 768. The quantitative estimate of drug-likeness (QED) is 0.185. The van der Waals surface area contributed by atoms with E-state index in [0.717, 1.165) is 35.0 Å². The molecule has 0 saturated carbocycles. The fraction of sp³-hybridized carbons (Fsp3) is 0.619. The van der Waals surface area contributed by atoms with E-state index in [9.17, 15) is 24.0 Å². The van der Waals surface area contributed by atoms with Gasteiger partial charge in [-0.2, -0.15) is 0 Å². The molecule has 0 spiro atoms. The molecule has 1 fully saturated rings. The minimum Gasteiger partial charge on any atom is -0.468 e. The molecule has 5 atom stereocenters. The summed E-state index contributed by atoms with van der Waals surface area (Å²) in [6.07, 6.45) is -5.65. The van der Waals surface area contributed by atoms with Crippen molar-refractivity contribution in [3.8, 4) is 0 Å². The molecule has 33 heavy (non-hydrogen) atoms. The molecule has 0 aromatic carbocycles. The van der Waals surface area contributed by atoms with E-state index in [2.05, 4.69) is 21.8 Å². The normalized spacial score (nSPS) is 24.1. The van der Waals surface area contributed by atoms with Crippen LogP contribution in [0.15, 0.2) is 18.4 Å². The molecule has 0 amide bonds. The van der Waals surface area contributed by atoms with Crippen LogP contribution in [0.2, 0.25) is 0 Å². The molecule has 1 aliphatic heterocycles. The molecule has 0 aliphatic carbocycles. The molecule has 12 nitrogen and oxygen atoms in total. The van der Waals surface area contributed by atoms with Crippen molar-refractivity contribution in [3.05, 3.63) is 18.4 Å². The molecule has 12 heteroatoms. The number of methoxy groups -OCH3 is 2. The topological polar surface area (TPSA) is 150 Å². The molecule has 1 heterocycles. The monoisotopic (exact) mass is 472 g/mol. The first-order valence-corrected chi connectivity index (χ1v) is 9.84. The van der Waals surface area contributed by atoms with E-state index in [-0.39, 0.29) is 13.0 Å². The van der Waals surface area contributed by atoms with Gasteiger partial charge in [-0.25, -0.2) is 0 Å². The average Bonchev–Trinajstić information content (AvgIpc) is 2.74. The summed E-state index contributed by atoms with van der Waals surface area (Å²) in [5, 5.41) is 0. The van der Waals surface area contributed by atoms with Crippen LogP contribution in [0.1, 0.15) is 27.2 Å². The second-order valence-corrected chi connectivity index (χ2v) is 6.84. The predicted octanol–water partition coefficient (Wildman–Crippen LogP) is 0.216. The van der Waals surface area contributed by atoms with Gasteiger partial charge >= 0.3 is 29.8 Å². The zero-order valence-corrected chi connectivity index (χ0v) is 19.1. The molecule has 0 aromatic rings. The zero-order chi connectivity index (χ0) is 25.1. The molecule has 0 bridgehead atoms. The molecular formula is C21H28O12. The predicted molar refractivity (Wildman–Crippen MR) is 107 cm³/mol. The molecule has 1 aliphatic rings. The van der Waals surface area contributed by atoms with E-state index < -0.39 is 66.5 Å². The smallest absolute Gasteiger partial charge is 0.320 e. The minimum atomic E-state index is -1.46. The van der Waals surface area contributed by atoms with E-state index in [1.807, 2.05) is 0 Å². The summed E-state index contributed by atoms with van der Waals surface area (Å²) in [7, 11) is 2.16. The SMILES string of the molecule is C=C=CCO[C@@H]1O[C@H](CC(C(=O)OC)C(=O)OC)[C@@H](OC(C)=O)[C@H](OC(C)=O)[C@H]1OC(C)=O. The third-order valence-electron chi connectivity index (χ3n) is 4.42. The number of hydrogen-bond donors (Lipinski definition) is 0. The Kier molecular flexibility index (Phi) is 11.3. The Morgan fingerprint density at radius 1 is 0.879 bits per heavy atom. The summed E-state index contributed by atoms with van der Waals surface area (Å²) in [4.78, 5) is 59.7. The maximum Gasteiger partial charge on any atom is 0.320 e. The Labute approximate surface area is 190 Å². The summed E-state index contributed by atoms with van der Waals surface area (Å²) >= 11 is 0. The number of esters is 5. The van der Waals surface area contributed by atoms with Gasteiger partial charge in [-0.15, -0.1) is 5.73 Å². The maximum atomic E-state index is 12.2. The van der Waals surface area contributed by atoms with Crippen LogP contribution in [0.25, 0.3) is 0 Å². The van der Waals surface area contributed by atoms with E-state index >= 15 is 0 Å². The Hall–Kier alpha value is -3.21.